The SMILES string of the molecule is C\C=C/C=N/C(CCC)=C(/C=NC)c1cc2c(cn1)c(C)nn2-c1cc2c(cc1OC)NCCO2. The van der Waals surface area contributed by atoms with Crippen LogP contribution < -0.4 is 14.8 Å². The number of hydrogen-bond donors (Lipinski definition) is 1. The summed E-state index contributed by atoms with van der Waals surface area (Å²) in [6, 6.07) is 5.98. The maximum absolute atomic E-state index is 5.89. The van der Waals surface area contributed by atoms with E-state index in [-0.39, 0.29) is 0 Å². The third kappa shape index (κ3) is 4.96. The van der Waals surface area contributed by atoms with E-state index in [9.17, 15) is 0 Å². The first kappa shape index (κ1) is 24.2. The monoisotopic (exact) mass is 472 g/mol. The van der Waals surface area contributed by atoms with E-state index in [1.807, 2.05) is 67.5 Å². The summed E-state index contributed by atoms with van der Waals surface area (Å²) >= 11 is 0. The van der Waals surface area contributed by atoms with Crippen molar-refractivity contribution in [2.75, 3.05) is 32.6 Å². The van der Waals surface area contributed by atoms with Gasteiger partial charge in [-0.3, -0.25) is 15.0 Å². The lowest BCUT2D eigenvalue weighted by Gasteiger charge is -2.21. The van der Waals surface area contributed by atoms with E-state index >= 15 is 0 Å². The molecule has 0 saturated carbocycles. The highest BCUT2D eigenvalue weighted by atomic mass is 16.5. The van der Waals surface area contributed by atoms with Gasteiger partial charge in [0.15, 0.2) is 0 Å². The maximum Gasteiger partial charge on any atom is 0.146 e. The summed E-state index contributed by atoms with van der Waals surface area (Å²) in [5, 5.41) is 9.16. The average Bonchev–Trinajstić information content (AvgIpc) is 3.21. The van der Waals surface area contributed by atoms with Crippen molar-refractivity contribution in [2.24, 2.45) is 9.98 Å². The second kappa shape index (κ2) is 11.0. The molecule has 1 aliphatic rings. The van der Waals surface area contributed by atoms with Crippen molar-refractivity contribution in [1.82, 2.24) is 14.8 Å². The number of anilines is 1. The lowest BCUT2D eigenvalue weighted by molar-refractivity contribution is 0.322. The molecule has 0 amide bonds. The number of benzene rings is 1. The van der Waals surface area contributed by atoms with Crippen LogP contribution >= 0.6 is 0 Å². The van der Waals surface area contributed by atoms with Crippen molar-refractivity contribution in [3.8, 4) is 17.2 Å². The van der Waals surface area contributed by atoms with Gasteiger partial charge in [0.1, 0.15) is 23.8 Å². The van der Waals surface area contributed by atoms with E-state index in [2.05, 4.69) is 17.2 Å². The number of fused-ring (bicyclic) bond motifs is 2. The fourth-order valence-corrected chi connectivity index (χ4v) is 4.11. The standard InChI is InChI=1S/C27H32N6O2/c1-6-8-10-29-21(9-7-2)20(16-28-4)22-13-24-19(17-31-22)18(3)32-33(24)25-15-26-23(14-27(25)34-5)30-11-12-35-26/h6,8,10,13-17,30H,7,9,11-12H2,1-5H3/b8-6-,21-20-,28-16?,29-10+. The summed E-state index contributed by atoms with van der Waals surface area (Å²) in [7, 11) is 3.43. The fraction of sp³-hybridized carbons (Fsp3) is 0.333. The van der Waals surface area contributed by atoms with Crippen LogP contribution in [-0.2, 0) is 0 Å². The average molecular weight is 473 g/mol. The normalized spacial score (nSPS) is 14.4. The van der Waals surface area contributed by atoms with E-state index in [1.54, 1.807) is 14.2 Å². The van der Waals surface area contributed by atoms with Gasteiger partial charge >= 0.3 is 0 Å². The summed E-state index contributed by atoms with van der Waals surface area (Å²) in [5.41, 5.74) is 6.15. The second-order valence-electron chi connectivity index (χ2n) is 8.18. The molecular weight excluding hydrogens is 440 g/mol. The summed E-state index contributed by atoms with van der Waals surface area (Å²) in [4.78, 5) is 13.8. The van der Waals surface area contributed by atoms with Crippen molar-refractivity contribution < 1.29 is 9.47 Å². The molecule has 3 aromatic rings. The molecule has 2 aromatic heterocycles. The van der Waals surface area contributed by atoms with E-state index in [0.717, 1.165) is 70.1 Å². The second-order valence-corrected chi connectivity index (χ2v) is 8.18. The predicted octanol–water partition coefficient (Wildman–Crippen LogP) is 5.40. The molecule has 0 aliphatic carbocycles. The molecule has 0 atom stereocenters. The Morgan fingerprint density at radius 2 is 2.17 bits per heavy atom. The highest BCUT2D eigenvalue weighted by Crippen LogP contribution is 2.38. The highest BCUT2D eigenvalue weighted by molar-refractivity contribution is 6.11. The van der Waals surface area contributed by atoms with Crippen LogP contribution in [-0.4, -0.2) is 54.5 Å². The smallest absolute Gasteiger partial charge is 0.146 e. The molecule has 1 N–H and O–H groups in total. The Hall–Kier alpha value is -3.94. The third-order valence-electron chi connectivity index (χ3n) is 5.78. The molecule has 0 bridgehead atoms. The molecule has 0 spiro atoms. The van der Waals surface area contributed by atoms with Crippen LogP contribution in [0.5, 0.6) is 11.5 Å². The first-order valence-electron chi connectivity index (χ1n) is 11.9. The van der Waals surface area contributed by atoms with E-state index in [0.29, 0.717) is 12.4 Å². The van der Waals surface area contributed by atoms with Crippen molar-refractivity contribution in [3.05, 3.63) is 53.6 Å². The minimum atomic E-state index is 0.615. The summed E-state index contributed by atoms with van der Waals surface area (Å²) in [5.74, 6) is 1.49. The molecule has 8 nitrogen and oxygen atoms in total. The van der Waals surface area contributed by atoms with Crippen LogP contribution in [0.2, 0.25) is 0 Å². The number of nitrogens with one attached hydrogen (secondary N) is 1. The molecule has 3 heterocycles. The van der Waals surface area contributed by atoms with Gasteiger partial charge in [-0.1, -0.05) is 19.4 Å². The Kier molecular flexibility index (Phi) is 7.60. The number of aryl methyl sites for hydroxylation is 1. The van der Waals surface area contributed by atoms with Crippen molar-refractivity contribution in [1.29, 1.82) is 0 Å². The van der Waals surface area contributed by atoms with Crippen LogP contribution in [0.3, 0.4) is 0 Å². The molecule has 0 saturated heterocycles. The zero-order valence-corrected chi connectivity index (χ0v) is 21.0. The zero-order valence-electron chi connectivity index (χ0n) is 21.0. The van der Waals surface area contributed by atoms with Crippen molar-refractivity contribution in [3.63, 3.8) is 0 Å². The maximum atomic E-state index is 5.89. The van der Waals surface area contributed by atoms with Gasteiger partial charge in [-0.15, -0.1) is 0 Å². The zero-order chi connectivity index (χ0) is 24.8. The molecule has 182 valence electrons. The number of pyridine rings is 1. The van der Waals surface area contributed by atoms with Gasteiger partial charge in [0, 0.05) is 55.3 Å². The molecular formula is C27H32N6O2. The number of allylic oxidation sites excluding steroid dienone is 4. The molecule has 4 rings (SSSR count). The summed E-state index contributed by atoms with van der Waals surface area (Å²) in [6.45, 7) is 7.47. The molecule has 0 unspecified atom stereocenters. The van der Waals surface area contributed by atoms with Crippen LogP contribution in [0.4, 0.5) is 5.69 Å². The Morgan fingerprint density at radius 1 is 1.31 bits per heavy atom. The lowest BCUT2D eigenvalue weighted by Crippen LogP contribution is -2.18. The topological polar surface area (TPSA) is 85.9 Å². The van der Waals surface area contributed by atoms with Crippen LogP contribution in [0.1, 0.15) is 38.1 Å². The Labute approximate surface area is 206 Å². The molecule has 1 aromatic carbocycles. The van der Waals surface area contributed by atoms with Crippen LogP contribution in [0.15, 0.2) is 52.2 Å². The minimum Gasteiger partial charge on any atom is -0.494 e. The van der Waals surface area contributed by atoms with Crippen LogP contribution in [0.25, 0.3) is 22.2 Å². The Balaban J connectivity index is 1.92. The molecule has 0 fully saturated rings. The van der Waals surface area contributed by atoms with E-state index in [4.69, 9.17) is 24.5 Å². The molecule has 8 heteroatoms. The van der Waals surface area contributed by atoms with E-state index in [1.165, 1.54) is 0 Å². The number of methoxy groups -OCH3 is 1. The number of hydrogen-bond acceptors (Lipinski definition) is 7. The van der Waals surface area contributed by atoms with Gasteiger partial charge in [0.05, 0.1) is 35.4 Å². The quantitative estimate of drug-likeness (QED) is 0.444. The van der Waals surface area contributed by atoms with E-state index < -0.39 is 0 Å². The van der Waals surface area contributed by atoms with Crippen molar-refractivity contribution >= 4 is 34.6 Å². The molecule has 0 radical (unpaired) electrons. The predicted molar refractivity (Wildman–Crippen MR) is 144 cm³/mol. The number of aromatic nitrogens is 3. The number of rotatable bonds is 8. The highest BCUT2D eigenvalue weighted by Gasteiger charge is 2.20. The van der Waals surface area contributed by atoms with Gasteiger partial charge in [0.25, 0.3) is 0 Å². The number of nitrogens with zero attached hydrogens (tertiary/aromatic N) is 5. The van der Waals surface area contributed by atoms with Crippen LogP contribution in [0, 0.1) is 6.92 Å². The van der Waals surface area contributed by atoms with Gasteiger partial charge in [-0.2, -0.15) is 5.10 Å². The van der Waals surface area contributed by atoms with Gasteiger partial charge in [0.2, 0.25) is 0 Å². The number of ether oxygens (including phenoxy) is 2. The first-order valence-corrected chi connectivity index (χ1v) is 11.9. The first-order chi connectivity index (χ1) is 17.1. The summed E-state index contributed by atoms with van der Waals surface area (Å²) < 4.78 is 13.5. The fourth-order valence-electron chi connectivity index (χ4n) is 4.11. The largest absolute Gasteiger partial charge is 0.494 e. The van der Waals surface area contributed by atoms with Gasteiger partial charge < -0.3 is 14.8 Å². The van der Waals surface area contributed by atoms with Gasteiger partial charge in [-0.05, 0) is 32.4 Å². The lowest BCUT2D eigenvalue weighted by atomic mass is 10.1. The molecule has 1 aliphatic heterocycles. The molecule has 35 heavy (non-hydrogen) atoms. The third-order valence-corrected chi connectivity index (χ3v) is 5.78. The summed E-state index contributed by atoms with van der Waals surface area (Å²) in [6.07, 6.45) is 11.2. The van der Waals surface area contributed by atoms with Crippen molar-refractivity contribution in [2.45, 2.75) is 33.6 Å². The minimum absolute atomic E-state index is 0.615. The Bertz CT molecular complexity index is 1330. The Morgan fingerprint density at radius 3 is 2.91 bits per heavy atom. The number of aliphatic imine (C=N–C) groups is 2. The van der Waals surface area contributed by atoms with Gasteiger partial charge in [-0.25, -0.2) is 4.68 Å².